The van der Waals surface area contributed by atoms with Gasteiger partial charge in [0.2, 0.25) is 0 Å². The maximum Gasteiger partial charge on any atom is 0.323 e. The van der Waals surface area contributed by atoms with Crippen molar-refractivity contribution in [3.63, 3.8) is 0 Å². The molecule has 0 saturated heterocycles. The highest BCUT2D eigenvalue weighted by Crippen LogP contribution is 2.20. The molecular weight excluding hydrogens is 248 g/mol. The monoisotopic (exact) mass is 268 g/mol. The summed E-state index contributed by atoms with van der Waals surface area (Å²) < 4.78 is 0. The minimum atomic E-state index is -0.229. The molecule has 0 aliphatic carbocycles. The SMILES string of the molecule is CC[C@H](C)c1ccc(NC(=O)Nc2ccccc2)cc1. The number of benzene rings is 2. The van der Waals surface area contributed by atoms with E-state index in [9.17, 15) is 4.79 Å². The highest BCUT2D eigenvalue weighted by Gasteiger charge is 2.04. The third-order valence-electron chi connectivity index (χ3n) is 3.38. The maximum absolute atomic E-state index is 11.8. The number of hydrogen-bond acceptors (Lipinski definition) is 1. The molecule has 0 aromatic heterocycles. The predicted molar refractivity (Wildman–Crippen MR) is 84.2 cm³/mol. The summed E-state index contributed by atoms with van der Waals surface area (Å²) in [4.78, 5) is 11.8. The largest absolute Gasteiger partial charge is 0.323 e. The van der Waals surface area contributed by atoms with E-state index in [1.807, 2.05) is 42.5 Å². The predicted octanol–water partition coefficient (Wildman–Crippen LogP) is 4.84. The van der Waals surface area contributed by atoms with E-state index in [-0.39, 0.29) is 6.03 Å². The molecule has 0 fully saturated rings. The highest BCUT2D eigenvalue weighted by molar-refractivity contribution is 5.99. The van der Waals surface area contributed by atoms with Crippen molar-refractivity contribution in [3.05, 3.63) is 60.2 Å². The fourth-order valence-electron chi connectivity index (χ4n) is 1.95. The average Bonchev–Trinajstić information content (AvgIpc) is 2.48. The molecule has 0 spiro atoms. The lowest BCUT2D eigenvalue weighted by molar-refractivity contribution is 0.262. The summed E-state index contributed by atoms with van der Waals surface area (Å²) in [6.45, 7) is 4.37. The number of para-hydroxylation sites is 1. The maximum atomic E-state index is 11.8. The Morgan fingerprint density at radius 1 is 0.950 bits per heavy atom. The Morgan fingerprint density at radius 3 is 2.05 bits per heavy atom. The molecule has 3 nitrogen and oxygen atoms in total. The fourth-order valence-corrected chi connectivity index (χ4v) is 1.95. The second-order valence-corrected chi connectivity index (χ2v) is 4.88. The van der Waals surface area contributed by atoms with Crippen molar-refractivity contribution in [2.75, 3.05) is 10.6 Å². The first-order valence-electron chi connectivity index (χ1n) is 6.92. The van der Waals surface area contributed by atoms with Crippen LogP contribution in [0.3, 0.4) is 0 Å². The first kappa shape index (κ1) is 14.1. The summed E-state index contributed by atoms with van der Waals surface area (Å²) in [5.74, 6) is 0.544. The van der Waals surface area contributed by atoms with Gasteiger partial charge in [0, 0.05) is 11.4 Å². The van der Waals surface area contributed by atoms with Crippen molar-refractivity contribution in [1.29, 1.82) is 0 Å². The molecule has 2 rings (SSSR count). The molecule has 2 aromatic carbocycles. The molecule has 20 heavy (non-hydrogen) atoms. The van der Waals surface area contributed by atoms with Gasteiger partial charge >= 0.3 is 6.03 Å². The van der Waals surface area contributed by atoms with E-state index in [1.165, 1.54) is 5.56 Å². The van der Waals surface area contributed by atoms with E-state index in [1.54, 1.807) is 0 Å². The molecule has 0 radical (unpaired) electrons. The van der Waals surface area contributed by atoms with Gasteiger partial charge in [-0.25, -0.2) is 4.79 Å². The number of carbonyl (C=O) groups excluding carboxylic acids is 1. The Labute approximate surface area is 120 Å². The van der Waals surface area contributed by atoms with Gasteiger partial charge < -0.3 is 10.6 Å². The minimum absolute atomic E-state index is 0.229. The lowest BCUT2D eigenvalue weighted by Gasteiger charge is -2.11. The number of amides is 2. The number of urea groups is 1. The molecule has 0 bridgehead atoms. The van der Waals surface area contributed by atoms with Crippen molar-refractivity contribution >= 4 is 17.4 Å². The van der Waals surface area contributed by atoms with Crippen molar-refractivity contribution in [2.24, 2.45) is 0 Å². The van der Waals surface area contributed by atoms with Gasteiger partial charge in [-0.3, -0.25) is 0 Å². The molecule has 0 unspecified atom stereocenters. The van der Waals surface area contributed by atoms with Crippen LogP contribution in [0.15, 0.2) is 54.6 Å². The second-order valence-electron chi connectivity index (χ2n) is 4.88. The van der Waals surface area contributed by atoms with Crippen molar-refractivity contribution in [1.82, 2.24) is 0 Å². The molecule has 2 amide bonds. The molecule has 1 atom stereocenters. The number of rotatable bonds is 4. The van der Waals surface area contributed by atoms with Crippen LogP contribution >= 0.6 is 0 Å². The van der Waals surface area contributed by atoms with Gasteiger partial charge in [-0.05, 0) is 42.2 Å². The van der Waals surface area contributed by atoms with Gasteiger partial charge in [0.15, 0.2) is 0 Å². The zero-order chi connectivity index (χ0) is 14.4. The molecular formula is C17H20N2O. The number of anilines is 2. The Hall–Kier alpha value is -2.29. The van der Waals surface area contributed by atoms with E-state index >= 15 is 0 Å². The van der Waals surface area contributed by atoms with E-state index < -0.39 is 0 Å². The van der Waals surface area contributed by atoms with Crippen molar-refractivity contribution in [2.45, 2.75) is 26.2 Å². The summed E-state index contributed by atoms with van der Waals surface area (Å²) in [5, 5.41) is 5.61. The third-order valence-corrected chi connectivity index (χ3v) is 3.38. The van der Waals surface area contributed by atoms with Gasteiger partial charge in [0.25, 0.3) is 0 Å². The van der Waals surface area contributed by atoms with Crippen molar-refractivity contribution in [3.8, 4) is 0 Å². The van der Waals surface area contributed by atoms with Crippen LogP contribution < -0.4 is 10.6 Å². The van der Waals surface area contributed by atoms with Crippen LogP contribution in [-0.2, 0) is 0 Å². The molecule has 0 aliphatic heterocycles. The van der Waals surface area contributed by atoms with Crippen LogP contribution in [0.25, 0.3) is 0 Å². The highest BCUT2D eigenvalue weighted by atomic mass is 16.2. The summed E-state index contributed by atoms with van der Waals surface area (Å²) >= 11 is 0. The quantitative estimate of drug-likeness (QED) is 0.818. The van der Waals surface area contributed by atoms with Gasteiger partial charge in [0.05, 0.1) is 0 Å². The van der Waals surface area contributed by atoms with Crippen LogP contribution in [0.1, 0.15) is 31.7 Å². The lowest BCUT2D eigenvalue weighted by atomic mass is 9.99. The van der Waals surface area contributed by atoms with E-state index in [0.717, 1.165) is 17.8 Å². The van der Waals surface area contributed by atoms with E-state index in [2.05, 4.69) is 36.6 Å². The molecule has 2 aromatic rings. The van der Waals surface area contributed by atoms with Crippen LogP contribution in [-0.4, -0.2) is 6.03 Å². The molecule has 3 heteroatoms. The fraction of sp³-hybridized carbons (Fsp3) is 0.235. The summed E-state index contributed by atoms with van der Waals surface area (Å²) in [7, 11) is 0. The van der Waals surface area contributed by atoms with E-state index in [4.69, 9.17) is 0 Å². The van der Waals surface area contributed by atoms with Crippen LogP contribution in [0, 0.1) is 0 Å². The standard InChI is InChI=1S/C17H20N2O/c1-3-13(2)14-9-11-16(12-10-14)19-17(20)18-15-7-5-4-6-8-15/h4-13H,3H2,1-2H3,(H2,18,19,20)/t13-/m0/s1. The Balaban J connectivity index is 1.94. The molecule has 104 valence electrons. The first-order chi connectivity index (χ1) is 9.69. The van der Waals surface area contributed by atoms with Crippen LogP contribution in [0.4, 0.5) is 16.2 Å². The average molecular weight is 268 g/mol. The number of hydrogen-bond donors (Lipinski definition) is 2. The Morgan fingerprint density at radius 2 is 1.50 bits per heavy atom. The third kappa shape index (κ3) is 3.85. The number of nitrogens with one attached hydrogen (secondary N) is 2. The van der Waals surface area contributed by atoms with Crippen LogP contribution in [0.5, 0.6) is 0 Å². The topological polar surface area (TPSA) is 41.1 Å². The smallest absolute Gasteiger partial charge is 0.308 e. The molecule has 2 N–H and O–H groups in total. The Bertz CT molecular complexity index is 549. The zero-order valence-electron chi connectivity index (χ0n) is 11.9. The van der Waals surface area contributed by atoms with Gasteiger partial charge in [-0.2, -0.15) is 0 Å². The van der Waals surface area contributed by atoms with Crippen LogP contribution in [0.2, 0.25) is 0 Å². The van der Waals surface area contributed by atoms with Gasteiger partial charge in [-0.1, -0.05) is 44.2 Å². The summed E-state index contributed by atoms with van der Waals surface area (Å²) in [6.07, 6.45) is 1.11. The van der Waals surface area contributed by atoms with Gasteiger partial charge in [-0.15, -0.1) is 0 Å². The van der Waals surface area contributed by atoms with Gasteiger partial charge in [0.1, 0.15) is 0 Å². The number of carbonyl (C=O) groups is 1. The summed E-state index contributed by atoms with van der Waals surface area (Å²) in [5.41, 5.74) is 2.87. The Kier molecular flexibility index (Phi) is 4.77. The molecule has 0 saturated carbocycles. The lowest BCUT2D eigenvalue weighted by Crippen LogP contribution is -2.19. The first-order valence-corrected chi connectivity index (χ1v) is 6.92. The van der Waals surface area contributed by atoms with Crippen molar-refractivity contribution < 1.29 is 4.79 Å². The molecule has 0 heterocycles. The second kappa shape index (κ2) is 6.75. The summed E-state index contributed by atoms with van der Waals surface area (Å²) in [6, 6.07) is 17.2. The molecule has 0 aliphatic rings. The van der Waals surface area contributed by atoms with E-state index in [0.29, 0.717) is 5.92 Å². The minimum Gasteiger partial charge on any atom is -0.308 e. The normalized spacial score (nSPS) is 11.7. The zero-order valence-corrected chi connectivity index (χ0v) is 11.9.